The van der Waals surface area contributed by atoms with Gasteiger partial charge in [0, 0.05) is 15.6 Å². The summed E-state index contributed by atoms with van der Waals surface area (Å²) in [6.45, 7) is 0. The first-order valence-corrected chi connectivity index (χ1v) is 7.22. The minimum Gasteiger partial charge on any atom is -0.497 e. The van der Waals surface area contributed by atoms with Crippen LogP contribution in [0.4, 0.5) is 0 Å². The summed E-state index contributed by atoms with van der Waals surface area (Å²) in [5, 5.41) is 1.29. The highest BCUT2D eigenvalue weighted by atomic mass is 79.9. The van der Waals surface area contributed by atoms with Crippen LogP contribution >= 0.6 is 27.3 Å². The molecule has 0 spiro atoms. The van der Waals surface area contributed by atoms with Crippen LogP contribution in [0.2, 0.25) is 0 Å². The maximum Gasteiger partial charge on any atom is 0.118 e. The van der Waals surface area contributed by atoms with Crippen molar-refractivity contribution < 1.29 is 4.74 Å². The maximum absolute atomic E-state index is 5.20. The molecule has 0 radical (unpaired) electrons. The third-order valence-corrected chi connectivity index (χ3v) is 4.77. The van der Waals surface area contributed by atoms with Crippen LogP contribution in [0.5, 0.6) is 5.75 Å². The minimum atomic E-state index is 0.884. The van der Waals surface area contributed by atoms with Crippen LogP contribution in [0.15, 0.2) is 52.3 Å². The van der Waals surface area contributed by atoms with Crippen LogP contribution < -0.4 is 4.74 Å². The molecule has 0 unspecified atom stereocenters. The lowest BCUT2D eigenvalue weighted by atomic mass is 10.0. The van der Waals surface area contributed by atoms with Crippen molar-refractivity contribution in [2.24, 2.45) is 0 Å². The molecule has 1 aromatic heterocycles. The van der Waals surface area contributed by atoms with Gasteiger partial charge in [0.2, 0.25) is 0 Å². The fourth-order valence-electron chi connectivity index (χ4n) is 2.04. The van der Waals surface area contributed by atoms with Gasteiger partial charge in [0.1, 0.15) is 5.75 Å². The third kappa shape index (κ3) is 1.93. The Labute approximate surface area is 118 Å². The van der Waals surface area contributed by atoms with Crippen molar-refractivity contribution in [1.29, 1.82) is 0 Å². The summed E-state index contributed by atoms with van der Waals surface area (Å²) in [5.74, 6) is 0.884. The van der Waals surface area contributed by atoms with Gasteiger partial charge in [-0.15, -0.1) is 11.3 Å². The molecule has 0 saturated carbocycles. The van der Waals surface area contributed by atoms with Gasteiger partial charge in [-0.25, -0.2) is 0 Å². The Hall–Kier alpha value is -1.32. The van der Waals surface area contributed by atoms with Gasteiger partial charge in [0.15, 0.2) is 0 Å². The van der Waals surface area contributed by atoms with Gasteiger partial charge in [-0.05, 0) is 39.7 Å². The number of thiophene rings is 1. The maximum atomic E-state index is 5.20. The fourth-order valence-corrected chi connectivity index (χ4v) is 3.96. The molecule has 0 aliphatic rings. The average molecular weight is 319 g/mol. The van der Waals surface area contributed by atoms with Gasteiger partial charge in [-0.1, -0.05) is 30.3 Å². The topological polar surface area (TPSA) is 9.23 Å². The standard InChI is InChI=1S/C15H11BrOS/c1-17-11-8-6-10(7-9-11)14-12-4-2-3-5-13(12)18-15(14)16/h2-9H,1H3. The Bertz CT molecular complexity index is 685. The zero-order valence-corrected chi connectivity index (χ0v) is 12.2. The Balaban J connectivity index is 2.20. The molecule has 0 aliphatic carbocycles. The summed E-state index contributed by atoms with van der Waals surface area (Å²) >= 11 is 5.44. The molecule has 3 rings (SSSR count). The molecule has 3 heteroatoms. The molecule has 0 aliphatic heterocycles. The van der Waals surface area contributed by atoms with Gasteiger partial charge in [-0.3, -0.25) is 0 Å². The van der Waals surface area contributed by atoms with E-state index in [9.17, 15) is 0 Å². The summed E-state index contributed by atoms with van der Waals surface area (Å²) < 4.78 is 7.67. The molecule has 0 fully saturated rings. The zero-order chi connectivity index (χ0) is 12.5. The summed E-state index contributed by atoms with van der Waals surface area (Å²) in [6.07, 6.45) is 0. The van der Waals surface area contributed by atoms with Crippen LogP contribution in [0.25, 0.3) is 21.2 Å². The van der Waals surface area contributed by atoms with Crippen LogP contribution in [0, 0.1) is 0 Å². The molecule has 1 nitrogen and oxygen atoms in total. The molecular formula is C15H11BrOS. The SMILES string of the molecule is COc1ccc(-c2c(Br)sc3ccccc23)cc1. The van der Waals surface area contributed by atoms with Gasteiger partial charge >= 0.3 is 0 Å². The molecule has 0 bridgehead atoms. The number of ether oxygens (including phenoxy) is 1. The molecule has 90 valence electrons. The fraction of sp³-hybridized carbons (Fsp3) is 0.0667. The van der Waals surface area contributed by atoms with Crippen molar-refractivity contribution >= 4 is 37.4 Å². The van der Waals surface area contributed by atoms with E-state index in [1.54, 1.807) is 18.4 Å². The van der Waals surface area contributed by atoms with Crippen molar-refractivity contribution in [3.05, 3.63) is 52.3 Å². The van der Waals surface area contributed by atoms with Crippen molar-refractivity contribution in [2.45, 2.75) is 0 Å². The van der Waals surface area contributed by atoms with E-state index in [0.29, 0.717) is 0 Å². The van der Waals surface area contributed by atoms with Crippen LogP contribution in [0.3, 0.4) is 0 Å². The Kier molecular flexibility index (Phi) is 3.10. The lowest BCUT2D eigenvalue weighted by Gasteiger charge is -2.03. The van der Waals surface area contributed by atoms with E-state index >= 15 is 0 Å². The van der Waals surface area contributed by atoms with Gasteiger partial charge < -0.3 is 4.74 Å². The van der Waals surface area contributed by atoms with Crippen molar-refractivity contribution in [3.8, 4) is 16.9 Å². The molecule has 18 heavy (non-hydrogen) atoms. The molecule has 3 aromatic rings. The van der Waals surface area contributed by atoms with Crippen LogP contribution in [-0.4, -0.2) is 7.11 Å². The summed E-state index contributed by atoms with van der Waals surface area (Å²) in [5.41, 5.74) is 2.47. The number of hydrogen-bond acceptors (Lipinski definition) is 2. The van der Waals surface area contributed by atoms with Gasteiger partial charge in [0.05, 0.1) is 10.9 Å². The Morgan fingerprint density at radius 3 is 2.44 bits per heavy atom. The van der Waals surface area contributed by atoms with Crippen molar-refractivity contribution in [3.63, 3.8) is 0 Å². The number of rotatable bonds is 2. The number of methoxy groups -OCH3 is 1. The van der Waals surface area contributed by atoms with E-state index in [4.69, 9.17) is 4.74 Å². The van der Waals surface area contributed by atoms with Gasteiger partial charge in [-0.2, -0.15) is 0 Å². The number of halogens is 1. The molecule has 0 amide bonds. The highest BCUT2D eigenvalue weighted by Gasteiger charge is 2.11. The van der Waals surface area contributed by atoms with Crippen LogP contribution in [-0.2, 0) is 0 Å². The summed E-state index contributed by atoms with van der Waals surface area (Å²) in [7, 11) is 1.69. The summed E-state index contributed by atoms with van der Waals surface area (Å²) in [6, 6.07) is 16.6. The monoisotopic (exact) mass is 318 g/mol. The lowest BCUT2D eigenvalue weighted by molar-refractivity contribution is 0.415. The van der Waals surface area contributed by atoms with E-state index in [0.717, 1.165) is 5.75 Å². The first-order valence-electron chi connectivity index (χ1n) is 5.61. The summed E-state index contributed by atoms with van der Waals surface area (Å²) in [4.78, 5) is 0. The highest BCUT2D eigenvalue weighted by molar-refractivity contribution is 9.11. The van der Waals surface area contributed by atoms with E-state index in [1.807, 2.05) is 12.1 Å². The number of benzene rings is 2. The Morgan fingerprint density at radius 1 is 1.00 bits per heavy atom. The Morgan fingerprint density at radius 2 is 1.72 bits per heavy atom. The largest absolute Gasteiger partial charge is 0.497 e. The van der Waals surface area contributed by atoms with E-state index < -0.39 is 0 Å². The predicted octanol–water partition coefficient (Wildman–Crippen LogP) is 5.34. The minimum absolute atomic E-state index is 0.884. The quantitative estimate of drug-likeness (QED) is 0.619. The second-order valence-corrected chi connectivity index (χ2v) is 6.35. The highest BCUT2D eigenvalue weighted by Crippen LogP contribution is 2.42. The molecule has 2 aromatic carbocycles. The van der Waals surface area contributed by atoms with Crippen LogP contribution in [0.1, 0.15) is 0 Å². The number of fused-ring (bicyclic) bond motifs is 1. The van der Waals surface area contributed by atoms with E-state index in [2.05, 4.69) is 52.3 Å². The molecule has 0 N–H and O–H groups in total. The normalized spacial score (nSPS) is 10.8. The van der Waals surface area contributed by atoms with E-state index in [1.165, 1.54) is 25.0 Å². The molecule has 0 atom stereocenters. The first kappa shape index (κ1) is 11.8. The van der Waals surface area contributed by atoms with Crippen molar-refractivity contribution in [2.75, 3.05) is 7.11 Å². The molecule has 1 heterocycles. The zero-order valence-electron chi connectivity index (χ0n) is 9.81. The smallest absolute Gasteiger partial charge is 0.118 e. The number of hydrogen-bond donors (Lipinski definition) is 0. The average Bonchev–Trinajstić information content (AvgIpc) is 2.75. The molecule has 0 saturated heterocycles. The van der Waals surface area contributed by atoms with Gasteiger partial charge in [0.25, 0.3) is 0 Å². The second-order valence-electron chi connectivity index (χ2n) is 3.98. The third-order valence-electron chi connectivity index (χ3n) is 2.93. The van der Waals surface area contributed by atoms with E-state index in [-0.39, 0.29) is 0 Å². The lowest BCUT2D eigenvalue weighted by Crippen LogP contribution is -1.82. The predicted molar refractivity (Wildman–Crippen MR) is 81.5 cm³/mol. The van der Waals surface area contributed by atoms with Crippen molar-refractivity contribution in [1.82, 2.24) is 0 Å². The first-order chi connectivity index (χ1) is 8.79. The molecular weight excluding hydrogens is 308 g/mol. The second kappa shape index (κ2) is 4.75.